The first kappa shape index (κ1) is 16.1. The molecule has 0 aliphatic heterocycles. The Morgan fingerprint density at radius 3 is 2.86 bits per heavy atom. The number of hydrogen-bond donors (Lipinski definition) is 1. The van der Waals surface area contributed by atoms with E-state index >= 15 is 0 Å². The normalized spacial score (nSPS) is 12.4. The summed E-state index contributed by atoms with van der Waals surface area (Å²) in [6, 6.07) is 4.13. The molecule has 21 heavy (non-hydrogen) atoms. The Morgan fingerprint density at radius 2 is 2.19 bits per heavy atom. The third-order valence-electron chi connectivity index (χ3n) is 3.06. The van der Waals surface area contributed by atoms with Crippen molar-refractivity contribution in [2.24, 2.45) is 0 Å². The van der Waals surface area contributed by atoms with Crippen LogP contribution >= 0.6 is 22.7 Å². The summed E-state index contributed by atoms with van der Waals surface area (Å²) >= 11 is 3.41. The molecule has 0 aliphatic carbocycles. The highest BCUT2D eigenvalue weighted by atomic mass is 32.1. The predicted molar refractivity (Wildman–Crippen MR) is 88.0 cm³/mol. The second-order valence-corrected chi connectivity index (χ2v) is 7.39. The van der Waals surface area contributed by atoms with E-state index in [1.54, 1.807) is 29.8 Å². The summed E-state index contributed by atoms with van der Waals surface area (Å²) in [6.45, 7) is 7.02. The van der Waals surface area contributed by atoms with Crippen LogP contribution in [0.15, 0.2) is 12.1 Å². The second-order valence-electron chi connectivity index (χ2n) is 4.99. The smallest absolute Gasteiger partial charge is 0.217 e. The van der Waals surface area contributed by atoms with Gasteiger partial charge in [0.25, 0.3) is 0 Å². The summed E-state index contributed by atoms with van der Waals surface area (Å²) in [4.78, 5) is 19.2. The van der Waals surface area contributed by atoms with Gasteiger partial charge in [0, 0.05) is 29.7 Å². The van der Waals surface area contributed by atoms with E-state index in [1.165, 1.54) is 11.8 Å². The zero-order valence-corrected chi connectivity index (χ0v) is 14.4. The number of rotatable bonds is 6. The highest BCUT2D eigenvalue weighted by Gasteiger charge is 2.16. The number of thiazole rings is 1. The third-order valence-corrected chi connectivity index (χ3v) is 5.35. The first-order chi connectivity index (χ1) is 10.0. The molecule has 2 heterocycles. The molecular formula is C15H20N2O2S2. The van der Waals surface area contributed by atoms with Gasteiger partial charge in [0.15, 0.2) is 0 Å². The molecule has 0 aliphatic rings. The van der Waals surface area contributed by atoms with E-state index in [0.717, 1.165) is 20.5 Å². The minimum Gasteiger partial charge on any atom is -0.384 e. The van der Waals surface area contributed by atoms with Crippen LogP contribution in [0.5, 0.6) is 0 Å². The fourth-order valence-corrected chi connectivity index (χ4v) is 4.02. The van der Waals surface area contributed by atoms with Gasteiger partial charge >= 0.3 is 0 Å². The fraction of sp³-hybridized carbons (Fsp3) is 0.467. The number of nitrogens with one attached hydrogen (secondary N) is 1. The van der Waals surface area contributed by atoms with E-state index in [0.29, 0.717) is 19.1 Å². The zero-order chi connectivity index (χ0) is 15.4. The van der Waals surface area contributed by atoms with Crippen LogP contribution in [0.4, 0.5) is 0 Å². The van der Waals surface area contributed by atoms with Gasteiger partial charge in [-0.3, -0.25) is 4.79 Å². The lowest BCUT2D eigenvalue weighted by Crippen LogP contribution is -2.17. The van der Waals surface area contributed by atoms with Crippen LogP contribution in [0.2, 0.25) is 0 Å². The Kier molecular flexibility index (Phi) is 5.50. The van der Waals surface area contributed by atoms with E-state index in [4.69, 9.17) is 9.72 Å². The van der Waals surface area contributed by atoms with Crippen molar-refractivity contribution in [2.75, 3.05) is 13.7 Å². The monoisotopic (exact) mass is 324 g/mol. The minimum absolute atomic E-state index is 0.00883. The summed E-state index contributed by atoms with van der Waals surface area (Å²) in [7, 11) is 1.71. The SMILES string of the molecule is COCC(C)c1nc(-c2ccc(CNC(C)=O)s2)c(C)s1. The van der Waals surface area contributed by atoms with Gasteiger partial charge in [0.2, 0.25) is 5.91 Å². The van der Waals surface area contributed by atoms with Crippen molar-refractivity contribution in [3.8, 4) is 10.6 Å². The van der Waals surface area contributed by atoms with Gasteiger partial charge in [-0.1, -0.05) is 6.92 Å². The van der Waals surface area contributed by atoms with Crippen molar-refractivity contribution in [2.45, 2.75) is 33.2 Å². The number of nitrogens with zero attached hydrogens (tertiary/aromatic N) is 1. The van der Waals surface area contributed by atoms with Crippen molar-refractivity contribution in [3.63, 3.8) is 0 Å². The summed E-state index contributed by atoms with van der Waals surface area (Å²) in [6.07, 6.45) is 0. The van der Waals surface area contributed by atoms with Crippen molar-refractivity contribution in [1.29, 1.82) is 0 Å². The van der Waals surface area contributed by atoms with Crippen LogP contribution in [0.1, 0.15) is 34.5 Å². The van der Waals surface area contributed by atoms with Gasteiger partial charge in [0.1, 0.15) is 0 Å². The largest absolute Gasteiger partial charge is 0.384 e. The molecule has 0 aromatic carbocycles. The van der Waals surface area contributed by atoms with Gasteiger partial charge in [-0.05, 0) is 19.1 Å². The molecule has 0 radical (unpaired) electrons. The molecule has 2 aromatic rings. The maximum Gasteiger partial charge on any atom is 0.217 e. The maximum atomic E-state index is 11.0. The molecular weight excluding hydrogens is 304 g/mol. The van der Waals surface area contributed by atoms with Crippen LogP contribution in [-0.2, 0) is 16.1 Å². The highest BCUT2D eigenvalue weighted by molar-refractivity contribution is 7.16. The molecule has 1 atom stereocenters. The number of aryl methyl sites for hydroxylation is 1. The molecule has 1 N–H and O–H groups in total. The first-order valence-electron chi connectivity index (χ1n) is 6.81. The molecule has 0 saturated heterocycles. The molecule has 1 amide bonds. The van der Waals surface area contributed by atoms with Gasteiger partial charge in [-0.15, -0.1) is 22.7 Å². The summed E-state index contributed by atoms with van der Waals surface area (Å²) in [5, 5.41) is 3.93. The maximum absolute atomic E-state index is 11.0. The van der Waals surface area contributed by atoms with E-state index < -0.39 is 0 Å². The van der Waals surface area contributed by atoms with E-state index in [2.05, 4.69) is 25.2 Å². The van der Waals surface area contributed by atoms with Crippen molar-refractivity contribution < 1.29 is 9.53 Å². The molecule has 0 fully saturated rings. The van der Waals surface area contributed by atoms with Crippen LogP contribution in [-0.4, -0.2) is 24.6 Å². The lowest BCUT2D eigenvalue weighted by atomic mass is 10.2. The number of amides is 1. The number of hydrogen-bond acceptors (Lipinski definition) is 5. The van der Waals surface area contributed by atoms with Gasteiger partial charge in [-0.2, -0.15) is 0 Å². The number of thiophene rings is 1. The summed E-state index contributed by atoms with van der Waals surface area (Å²) in [5.74, 6) is 0.303. The molecule has 114 valence electrons. The van der Waals surface area contributed by atoms with Crippen LogP contribution in [0, 0.1) is 6.92 Å². The first-order valence-corrected chi connectivity index (χ1v) is 8.44. The third kappa shape index (κ3) is 4.12. The van der Waals surface area contributed by atoms with Crippen molar-refractivity contribution in [1.82, 2.24) is 10.3 Å². The molecule has 2 rings (SSSR count). The Labute approximate surface area is 133 Å². The molecule has 0 bridgehead atoms. The summed E-state index contributed by atoms with van der Waals surface area (Å²) in [5.41, 5.74) is 1.05. The van der Waals surface area contributed by atoms with E-state index in [-0.39, 0.29) is 5.91 Å². The highest BCUT2D eigenvalue weighted by Crippen LogP contribution is 2.35. The number of methoxy groups -OCH3 is 1. The lowest BCUT2D eigenvalue weighted by Gasteiger charge is -2.04. The Bertz CT molecular complexity index is 619. The number of ether oxygens (including phenoxy) is 1. The van der Waals surface area contributed by atoms with Crippen LogP contribution < -0.4 is 5.32 Å². The van der Waals surface area contributed by atoms with E-state index in [9.17, 15) is 4.79 Å². The van der Waals surface area contributed by atoms with Crippen LogP contribution in [0.3, 0.4) is 0 Å². The van der Waals surface area contributed by atoms with Gasteiger partial charge in [-0.25, -0.2) is 4.98 Å². The van der Waals surface area contributed by atoms with E-state index in [1.807, 2.05) is 6.07 Å². The molecule has 2 aromatic heterocycles. The van der Waals surface area contributed by atoms with Crippen molar-refractivity contribution >= 4 is 28.6 Å². The van der Waals surface area contributed by atoms with Crippen LogP contribution in [0.25, 0.3) is 10.6 Å². The number of carbonyl (C=O) groups is 1. The number of carbonyl (C=O) groups excluding carboxylic acids is 1. The average molecular weight is 324 g/mol. The Balaban J connectivity index is 2.16. The summed E-state index contributed by atoms with van der Waals surface area (Å²) < 4.78 is 5.20. The standard InChI is InChI=1S/C15H20N2O2S2/c1-9(8-19-4)15-17-14(10(2)20-15)13-6-5-12(21-13)7-16-11(3)18/h5-6,9H,7-8H2,1-4H3,(H,16,18). The Morgan fingerprint density at radius 1 is 1.43 bits per heavy atom. The average Bonchev–Trinajstić information content (AvgIpc) is 3.03. The predicted octanol–water partition coefficient (Wildman–Crippen LogP) is 3.57. The zero-order valence-electron chi connectivity index (χ0n) is 12.7. The van der Waals surface area contributed by atoms with Gasteiger partial charge < -0.3 is 10.1 Å². The Hall–Kier alpha value is -1.24. The molecule has 1 unspecified atom stereocenters. The lowest BCUT2D eigenvalue weighted by molar-refractivity contribution is -0.119. The number of aromatic nitrogens is 1. The molecule has 4 nitrogen and oxygen atoms in total. The quantitative estimate of drug-likeness (QED) is 0.884. The second kappa shape index (κ2) is 7.15. The minimum atomic E-state index is -0.00883. The van der Waals surface area contributed by atoms with Crippen molar-refractivity contribution in [3.05, 3.63) is 26.9 Å². The fourth-order valence-electron chi connectivity index (χ4n) is 1.99. The molecule has 6 heteroatoms. The molecule has 0 spiro atoms. The molecule has 0 saturated carbocycles. The van der Waals surface area contributed by atoms with Gasteiger partial charge in [0.05, 0.1) is 28.7 Å². The topological polar surface area (TPSA) is 51.2 Å².